The number of ether oxygens (including phenoxy) is 3. The lowest BCUT2D eigenvalue weighted by molar-refractivity contribution is -0.159. The first-order valence-corrected chi connectivity index (χ1v) is 10.4. The molecule has 0 heterocycles. The van der Waals surface area contributed by atoms with Gasteiger partial charge in [0, 0.05) is 24.4 Å². The van der Waals surface area contributed by atoms with Gasteiger partial charge in [0.05, 0.1) is 13.2 Å². The van der Waals surface area contributed by atoms with E-state index in [1.54, 1.807) is 41.5 Å². The molecule has 2 amide bonds. The van der Waals surface area contributed by atoms with Gasteiger partial charge in [-0.1, -0.05) is 5.11 Å². The van der Waals surface area contributed by atoms with E-state index in [4.69, 9.17) is 19.7 Å². The van der Waals surface area contributed by atoms with E-state index in [9.17, 15) is 14.4 Å². The van der Waals surface area contributed by atoms with Crippen LogP contribution in [0.2, 0.25) is 0 Å². The summed E-state index contributed by atoms with van der Waals surface area (Å²) in [7, 11) is 0. The Morgan fingerprint density at radius 3 is 2.23 bits per heavy atom. The number of rotatable bonds is 13. The molecule has 11 nitrogen and oxygen atoms in total. The van der Waals surface area contributed by atoms with Crippen LogP contribution in [0.15, 0.2) is 5.11 Å². The number of azide groups is 1. The Morgan fingerprint density at radius 1 is 1.00 bits per heavy atom. The molecule has 0 aliphatic carbocycles. The monoisotopic (exact) mass is 443 g/mol. The largest absolute Gasteiger partial charge is 0.458 e. The summed E-state index contributed by atoms with van der Waals surface area (Å²) < 4.78 is 15.8. The molecule has 0 saturated heterocycles. The maximum absolute atomic E-state index is 12.5. The molecule has 11 heteroatoms. The van der Waals surface area contributed by atoms with E-state index in [0.717, 1.165) is 0 Å². The van der Waals surface area contributed by atoms with Crippen molar-refractivity contribution in [1.29, 1.82) is 0 Å². The topological polar surface area (TPSA) is 152 Å². The van der Waals surface area contributed by atoms with E-state index in [1.807, 2.05) is 0 Å². The maximum Gasteiger partial charge on any atom is 0.407 e. The molecule has 0 bridgehead atoms. The second kappa shape index (κ2) is 14.5. The summed E-state index contributed by atoms with van der Waals surface area (Å²) in [5.41, 5.74) is 6.94. The van der Waals surface area contributed by atoms with Crippen LogP contribution in [0.25, 0.3) is 10.4 Å². The van der Waals surface area contributed by atoms with Crippen LogP contribution in [0.1, 0.15) is 67.2 Å². The maximum atomic E-state index is 12.5. The van der Waals surface area contributed by atoms with Gasteiger partial charge in [0.15, 0.2) is 0 Å². The molecule has 31 heavy (non-hydrogen) atoms. The molecule has 0 aromatic heterocycles. The van der Waals surface area contributed by atoms with E-state index in [-0.39, 0.29) is 32.1 Å². The number of nitrogens with zero attached hydrogens (tertiary/aromatic N) is 3. The highest BCUT2D eigenvalue weighted by atomic mass is 16.6. The predicted molar refractivity (Wildman–Crippen MR) is 115 cm³/mol. The van der Waals surface area contributed by atoms with Crippen molar-refractivity contribution < 1.29 is 28.6 Å². The van der Waals surface area contributed by atoms with Crippen molar-refractivity contribution in [3.8, 4) is 0 Å². The summed E-state index contributed by atoms with van der Waals surface area (Å²) in [4.78, 5) is 38.9. The second-order valence-corrected chi connectivity index (χ2v) is 8.89. The van der Waals surface area contributed by atoms with Crippen LogP contribution >= 0.6 is 0 Å². The first kappa shape index (κ1) is 28.5. The average Bonchev–Trinajstić information content (AvgIpc) is 2.60. The van der Waals surface area contributed by atoms with Gasteiger partial charge in [0.25, 0.3) is 0 Å². The fourth-order valence-electron chi connectivity index (χ4n) is 2.28. The number of carbonyl (C=O) groups excluding carboxylic acids is 3. The SMILES string of the molecule is CC(C)(C)OC(=O)NCCCC[C@H](NC(=O)CCOCCN=[N+]=[N-])C(=O)OC(C)(C)C. The van der Waals surface area contributed by atoms with Crippen molar-refractivity contribution in [3.05, 3.63) is 10.4 Å². The summed E-state index contributed by atoms with van der Waals surface area (Å²) in [6, 6.07) is -0.795. The Labute approximate surface area is 184 Å². The Hall–Kier alpha value is -2.52. The lowest BCUT2D eigenvalue weighted by Crippen LogP contribution is -2.44. The number of alkyl carbamates (subject to hydrolysis) is 1. The summed E-state index contributed by atoms with van der Waals surface area (Å²) >= 11 is 0. The number of esters is 1. The number of unbranched alkanes of at least 4 members (excludes halogenated alkanes) is 1. The number of hydrogen-bond acceptors (Lipinski definition) is 7. The molecule has 0 aliphatic rings. The predicted octanol–water partition coefficient (Wildman–Crippen LogP) is 3.22. The molecule has 178 valence electrons. The first-order valence-electron chi connectivity index (χ1n) is 10.4. The molecule has 0 aliphatic heterocycles. The van der Waals surface area contributed by atoms with E-state index < -0.39 is 29.3 Å². The smallest absolute Gasteiger partial charge is 0.407 e. The van der Waals surface area contributed by atoms with Gasteiger partial charge in [0.1, 0.15) is 17.2 Å². The molecular formula is C20H37N5O6. The van der Waals surface area contributed by atoms with Crippen molar-refractivity contribution in [3.63, 3.8) is 0 Å². The van der Waals surface area contributed by atoms with E-state index in [2.05, 4.69) is 20.7 Å². The van der Waals surface area contributed by atoms with Gasteiger partial charge < -0.3 is 24.8 Å². The molecule has 0 unspecified atom stereocenters. The highest BCUT2D eigenvalue weighted by Gasteiger charge is 2.26. The van der Waals surface area contributed by atoms with Crippen LogP contribution < -0.4 is 10.6 Å². The van der Waals surface area contributed by atoms with Crippen LogP contribution in [-0.2, 0) is 23.8 Å². The van der Waals surface area contributed by atoms with Crippen LogP contribution in [0, 0.1) is 0 Å². The Kier molecular flexibility index (Phi) is 13.3. The lowest BCUT2D eigenvalue weighted by atomic mass is 10.1. The van der Waals surface area contributed by atoms with Gasteiger partial charge in [-0.25, -0.2) is 9.59 Å². The highest BCUT2D eigenvalue weighted by Crippen LogP contribution is 2.12. The van der Waals surface area contributed by atoms with Crippen molar-refractivity contribution in [2.75, 3.05) is 26.3 Å². The fourth-order valence-corrected chi connectivity index (χ4v) is 2.28. The Bertz CT molecular complexity index is 621. The van der Waals surface area contributed by atoms with E-state index in [0.29, 0.717) is 25.8 Å². The molecule has 0 rings (SSSR count). The quantitative estimate of drug-likeness (QED) is 0.147. The third-order valence-corrected chi connectivity index (χ3v) is 3.49. The molecule has 0 aromatic carbocycles. The number of nitrogens with one attached hydrogen (secondary N) is 2. The Morgan fingerprint density at radius 2 is 1.65 bits per heavy atom. The zero-order valence-electron chi connectivity index (χ0n) is 19.5. The van der Waals surface area contributed by atoms with Crippen LogP contribution in [0.3, 0.4) is 0 Å². The van der Waals surface area contributed by atoms with Gasteiger partial charge >= 0.3 is 12.1 Å². The molecule has 0 aromatic rings. The van der Waals surface area contributed by atoms with Gasteiger partial charge in [-0.05, 0) is 66.3 Å². The van der Waals surface area contributed by atoms with Crippen LogP contribution in [-0.4, -0.2) is 61.5 Å². The summed E-state index contributed by atoms with van der Waals surface area (Å²) in [5, 5.41) is 8.67. The van der Waals surface area contributed by atoms with Crippen LogP contribution in [0.4, 0.5) is 4.79 Å². The molecule has 0 fully saturated rings. The van der Waals surface area contributed by atoms with Crippen molar-refractivity contribution in [2.45, 2.75) is 84.5 Å². The Balaban J connectivity index is 4.47. The average molecular weight is 444 g/mol. The minimum atomic E-state index is -0.795. The number of hydrogen-bond donors (Lipinski definition) is 2. The zero-order valence-corrected chi connectivity index (χ0v) is 19.5. The first-order chi connectivity index (χ1) is 14.3. The third-order valence-electron chi connectivity index (χ3n) is 3.49. The van der Waals surface area contributed by atoms with Gasteiger partial charge in [0.2, 0.25) is 5.91 Å². The van der Waals surface area contributed by atoms with Gasteiger partial charge in [-0.15, -0.1) is 0 Å². The molecule has 2 N–H and O–H groups in total. The number of carbonyl (C=O) groups is 3. The normalized spacial score (nSPS) is 12.3. The van der Waals surface area contributed by atoms with Gasteiger partial charge in [-0.3, -0.25) is 4.79 Å². The standard InChI is InChI=1S/C20H37N5O6/c1-19(2,3)30-17(27)15(24-16(26)10-13-29-14-12-23-25-21)9-7-8-11-22-18(28)31-20(4,5)6/h15H,7-14H2,1-6H3,(H,22,28)(H,24,26)/t15-/m0/s1. The fraction of sp³-hybridized carbons (Fsp3) is 0.850. The van der Waals surface area contributed by atoms with Crippen molar-refractivity contribution in [2.24, 2.45) is 5.11 Å². The summed E-state index contributed by atoms with van der Waals surface area (Å²) in [6.07, 6.45) is 1.13. The van der Waals surface area contributed by atoms with Crippen molar-refractivity contribution in [1.82, 2.24) is 10.6 Å². The van der Waals surface area contributed by atoms with Gasteiger partial charge in [-0.2, -0.15) is 0 Å². The van der Waals surface area contributed by atoms with Crippen LogP contribution in [0.5, 0.6) is 0 Å². The summed E-state index contributed by atoms with van der Waals surface area (Å²) in [6.45, 7) is 11.6. The zero-order chi connectivity index (χ0) is 23.9. The second-order valence-electron chi connectivity index (χ2n) is 8.89. The molecular weight excluding hydrogens is 406 g/mol. The van der Waals surface area contributed by atoms with Crippen molar-refractivity contribution >= 4 is 18.0 Å². The molecule has 0 spiro atoms. The van der Waals surface area contributed by atoms with E-state index >= 15 is 0 Å². The third kappa shape index (κ3) is 18.0. The molecule has 0 radical (unpaired) electrons. The van der Waals surface area contributed by atoms with E-state index in [1.165, 1.54) is 0 Å². The summed E-state index contributed by atoms with van der Waals surface area (Å²) in [5.74, 6) is -0.850. The highest BCUT2D eigenvalue weighted by molar-refractivity contribution is 5.84. The molecule has 0 saturated carbocycles. The number of amides is 2. The minimum absolute atomic E-state index is 0.0652. The lowest BCUT2D eigenvalue weighted by Gasteiger charge is -2.24. The minimum Gasteiger partial charge on any atom is -0.458 e. The molecule has 1 atom stereocenters.